The predicted molar refractivity (Wildman–Crippen MR) is 100 cm³/mol. The molecule has 2 aromatic rings. The lowest BCUT2D eigenvalue weighted by molar-refractivity contribution is -0.119. The van der Waals surface area contributed by atoms with Gasteiger partial charge >= 0.3 is 5.97 Å². The van der Waals surface area contributed by atoms with Crippen LogP contribution in [0, 0.1) is 5.92 Å². The molecule has 1 saturated heterocycles. The van der Waals surface area contributed by atoms with E-state index in [-0.39, 0.29) is 18.2 Å². The maximum atomic E-state index is 12.0. The summed E-state index contributed by atoms with van der Waals surface area (Å²) in [5.41, 5.74) is 2.02. The van der Waals surface area contributed by atoms with Gasteiger partial charge < -0.3 is 15.0 Å². The second-order valence-corrected chi connectivity index (χ2v) is 6.56. The summed E-state index contributed by atoms with van der Waals surface area (Å²) in [6.45, 7) is 4.07. The van der Waals surface area contributed by atoms with Crippen LogP contribution in [-0.2, 0) is 9.53 Å². The van der Waals surface area contributed by atoms with E-state index in [1.807, 2.05) is 24.3 Å². The first-order valence-electron chi connectivity index (χ1n) is 8.85. The summed E-state index contributed by atoms with van der Waals surface area (Å²) < 4.78 is 4.97. The van der Waals surface area contributed by atoms with Crippen LogP contribution in [0.3, 0.4) is 0 Å². The zero-order valence-electron chi connectivity index (χ0n) is 14.9. The minimum absolute atomic E-state index is 0.181. The normalized spacial score (nSPS) is 14.7. The van der Waals surface area contributed by atoms with Crippen molar-refractivity contribution in [2.24, 2.45) is 5.92 Å². The van der Waals surface area contributed by atoms with E-state index in [1.54, 1.807) is 18.2 Å². The number of nitrogens with zero attached hydrogens (tertiary/aromatic N) is 2. The first kappa shape index (κ1) is 17.9. The summed E-state index contributed by atoms with van der Waals surface area (Å²) in [5.74, 6) is -0.206. The lowest BCUT2D eigenvalue weighted by Gasteiger charge is -2.32. The van der Waals surface area contributed by atoms with Crippen molar-refractivity contribution in [1.82, 2.24) is 4.98 Å². The van der Waals surface area contributed by atoms with Gasteiger partial charge in [-0.1, -0.05) is 13.0 Å². The molecule has 0 spiro atoms. The van der Waals surface area contributed by atoms with Crippen LogP contribution in [-0.4, -0.2) is 36.6 Å². The Kier molecular flexibility index (Phi) is 5.84. The number of carbonyl (C=O) groups is 2. The topological polar surface area (TPSA) is 71.5 Å². The van der Waals surface area contributed by atoms with Gasteiger partial charge in [-0.3, -0.25) is 4.79 Å². The molecule has 1 aliphatic rings. The maximum absolute atomic E-state index is 12.0. The van der Waals surface area contributed by atoms with Crippen molar-refractivity contribution in [3.8, 4) is 0 Å². The number of anilines is 2. The highest BCUT2D eigenvalue weighted by Crippen LogP contribution is 2.24. The largest absolute Gasteiger partial charge is 0.451 e. The summed E-state index contributed by atoms with van der Waals surface area (Å²) in [7, 11) is 0. The minimum atomic E-state index is -0.615. The molecule has 1 fully saturated rings. The van der Waals surface area contributed by atoms with E-state index in [9.17, 15) is 9.59 Å². The Bertz CT molecular complexity index is 739. The molecule has 0 aliphatic carbocycles. The number of carbonyl (C=O) groups excluding carboxylic acids is 2. The first-order chi connectivity index (χ1) is 12.6. The Balaban J connectivity index is 1.48. The Labute approximate surface area is 153 Å². The van der Waals surface area contributed by atoms with Crippen LogP contribution in [0.25, 0.3) is 0 Å². The molecule has 2 heterocycles. The van der Waals surface area contributed by atoms with Gasteiger partial charge in [0.1, 0.15) is 5.69 Å². The van der Waals surface area contributed by atoms with Gasteiger partial charge in [-0.25, -0.2) is 9.78 Å². The van der Waals surface area contributed by atoms with Gasteiger partial charge in [-0.15, -0.1) is 0 Å². The van der Waals surface area contributed by atoms with Crippen molar-refractivity contribution >= 4 is 23.3 Å². The maximum Gasteiger partial charge on any atom is 0.357 e. The van der Waals surface area contributed by atoms with Gasteiger partial charge in [0.25, 0.3) is 5.91 Å². The molecule has 1 aromatic heterocycles. The average Bonchev–Trinajstić information content (AvgIpc) is 2.68. The molecule has 1 aromatic carbocycles. The Morgan fingerprint density at radius 2 is 1.88 bits per heavy atom. The highest BCUT2D eigenvalue weighted by Gasteiger charge is 2.16. The van der Waals surface area contributed by atoms with Crippen molar-refractivity contribution in [3.05, 3.63) is 54.4 Å². The zero-order valence-corrected chi connectivity index (χ0v) is 14.9. The molecule has 6 nitrogen and oxygen atoms in total. The summed E-state index contributed by atoms with van der Waals surface area (Å²) in [4.78, 5) is 30.0. The highest BCUT2D eigenvalue weighted by molar-refractivity contribution is 5.94. The Hall–Kier alpha value is -2.89. The molecular weight excluding hydrogens is 330 g/mol. The number of hydrogen-bond donors (Lipinski definition) is 1. The van der Waals surface area contributed by atoms with Crippen LogP contribution in [0.2, 0.25) is 0 Å². The van der Waals surface area contributed by atoms with Crippen LogP contribution in [0.5, 0.6) is 0 Å². The average molecular weight is 353 g/mol. The van der Waals surface area contributed by atoms with Gasteiger partial charge in [0, 0.05) is 30.7 Å². The van der Waals surface area contributed by atoms with E-state index in [1.165, 1.54) is 19.0 Å². The molecule has 0 saturated carbocycles. The Morgan fingerprint density at radius 3 is 2.54 bits per heavy atom. The quantitative estimate of drug-likeness (QED) is 0.836. The summed E-state index contributed by atoms with van der Waals surface area (Å²) in [6.07, 6.45) is 3.92. The number of aromatic nitrogens is 1. The number of benzene rings is 1. The molecule has 6 heteroatoms. The molecule has 136 valence electrons. The number of pyridine rings is 1. The molecule has 0 unspecified atom stereocenters. The van der Waals surface area contributed by atoms with Crippen molar-refractivity contribution in [2.75, 3.05) is 29.9 Å². The van der Waals surface area contributed by atoms with Crippen molar-refractivity contribution in [1.29, 1.82) is 0 Å². The SMILES string of the molecule is CC1CCN(c2ccc(NC(=O)COC(=O)c3ccccn3)cc2)CC1. The molecule has 3 rings (SSSR count). The predicted octanol–water partition coefficient (Wildman–Crippen LogP) is 3.11. The zero-order chi connectivity index (χ0) is 18.4. The lowest BCUT2D eigenvalue weighted by Crippen LogP contribution is -2.32. The molecule has 1 N–H and O–H groups in total. The molecule has 1 aliphatic heterocycles. The van der Waals surface area contributed by atoms with Crippen LogP contribution in [0.15, 0.2) is 48.7 Å². The molecule has 1 amide bonds. The Morgan fingerprint density at radius 1 is 1.15 bits per heavy atom. The van der Waals surface area contributed by atoms with Gasteiger partial charge in [0.15, 0.2) is 6.61 Å². The summed E-state index contributed by atoms with van der Waals surface area (Å²) in [5, 5.41) is 2.73. The standard InChI is InChI=1S/C20H23N3O3/c1-15-9-12-23(13-10-15)17-7-5-16(6-8-17)22-19(24)14-26-20(25)18-4-2-3-11-21-18/h2-8,11,15H,9-10,12-14H2,1H3,(H,22,24). The molecule has 26 heavy (non-hydrogen) atoms. The number of ether oxygens (including phenoxy) is 1. The van der Waals surface area contributed by atoms with Gasteiger partial charge in [-0.05, 0) is 55.2 Å². The number of nitrogens with one attached hydrogen (secondary N) is 1. The second kappa shape index (κ2) is 8.47. The van der Waals surface area contributed by atoms with Crippen LogP contribution < -0.4 is 10.2 Å². The van der Waals surface area contributed by atoms with E-state index < -0.39 is 5.97 Å². The minimum Gasteiger partial charge on any atom is -0.451 e. The number of rotatable bonds is 5. The van der Waals surface area contributed by atoms with Crippen LogP contribution >= 0.6 is 0 Å². The van der Waals surface area contributed by atoms with Crippen molar-refractivity contribution in [2.45, 2.75) is 19.8 Å². The third kappa shape index (κ3) is 4.81. The third-order valence-corrected chi connectivity index (χ3v) is 4.51. The van der Waals surface area contributed by atoms with E-state index in [0.29, 0.717) is 5.69 Å². The molecule has 0 bridgehead atoms. The van der Waals surface area contributed by atoms with Gasteiger partial charge in [0.05, 0.1) is 0 Å². The fraction of sp³-hybridized carbons (Fsp3) is 0.350. The number of amides is 1. The third-order valence-electron chi connectivity index (χ3n) is 4.51. The fourth-order valence-corrected chi connectivity index (χ4v) is 2.91. The van der Waals surface area contributed by atoms with Crippen LogP contribution in [0.1, 0.15) is 30.3 Å². The van der Waals surface area contributed by atoms with Crippen LogP contribution in [0.4, 0.5) is 11.4 Å². The van der Waals surface area contributed by atoms with E-state index in [2.05, 4.69) is 22.1 Å². The monoisotopic (exact) mass is 353 g/mol. The number of hydrogen-bond acceptors (Lipinski definition) is 5. The number of esters is 1. The lowest BCUT2D eigenvalue weighted by atomic mass is 9.99. The summed E-state index contributed by atoms with van der Waals surface area (Å²) >= 11 is 0. The van der Waals surface area contributed by atoms with Crippen molar-refractivity contribution < 1.29 is 14.3 Å². The fourth-order valence-electron chi connectivity index (χ4n) is 2.91. The van der Waals surface area contributed by atoms with Gasteiger partial charge in [0.2, 0.25) is 0 Å². The summed E-state index contributed by atoms with van der Waals surface area (Å²) in [6, 6.07) is 12.7. The second-order valence-electron chi connectivity index (χ2n) is 6.56. The number of piperidine rings is 1. The molecule has 0 atom stereocenters. The highest BCUT2D eigenvalue weighted by atomic mass is 16.5. The van der Waals surface area contributed by atoms with Crippen molar-refractivity contribution in [3.63, 3.8) is 0 Å². The molecule has 0 radical (unpaired) electrons. The molecular formula is C20H23N3O3. The van der Waals surface area contributed by atoms with E-state index in [4.69, 9.17) is 4.74 Å². The smallest absolute Gasteiger partial charge is 0.357 e. The van der Waals surface area contributed by atoms with Gasteiger partial charge in [-0.2, -0.15) is 0 Å². The first-order valence-corrected chi connectivity index (χ1v) is 8.85. The van der Waals surface area contributed by atoms with E-state index in [0.717, 1.165) is 24.7 Å². The van der Waals surface area contributed by atoms with E-state index >= 15 is 0 Å².